The fraction of sp³-hybridized carbons (Fsp3) is 0.100. The Balaban J connectivity index is 1.63. The predicted molar refractivity (Wildman–Crippen MR) is 108 cm³/mol. The Morgan fingerprint density at radius 1 is 1.20 bits per heavy atom. The number of halogens is 1. The first-order valence-electron chi connectivity index (χ1n) is 8.98. The van der Waals surface area contributed by atoms with Crippen molar-refractivity contribution in [2.24, 2.45) is 0 Å². The fourth-order valence-corrected chi connectivity index (χ4v) is 2.98. The number of aliphatic hydroxyl groups is 1. The van der Waals surface area contributed by atoms with Crippen LogP contribution in [-0.2, 0) is 6.54 Å². The van der Waals surface area contributed by atoms with Crippen LogP contribution in [0.3, 0.4) is 0 Å². The summed E-state index contributed by atoms with van der Waals surface area (Å²) in [4.78, 5) is 20.1. The summed E-state index contributed by atoms with van der Waals surface area (Å²) in [6.45, 7) is 0.0429. The van der Waals surface area contributed by atoms with Crippen LogP contribution in [0.1, 0.15) is 0 Å². The number of anilines is 2. The van der Waals surface area contributed by atoms with E-state index in [-0.39, 0.29) is 24.7 Å². The van der Waals surface area contributed by atoms with E-state index in [2.05, 4.69) is 20.4 Å². The number of carbonyl (C=O) groups is 1. The first-order chi connectivity index (χ1) is 14.6. The second-order valence-corrected chi connectivity index (χ2v) is 6.28. The highest BCUT2D eigenvalue weighted by Gasteiger charge is 2.18. The molecule has 4 rings (SSSR count). The number of nitrogens with one attached hydrogen (secondary N) is 1. The first-order valence-corrected chi connectivity index (χ1v) is 8.98. The highest BCUT2D eigenvalue weighted by atomic mass is 19.1. The third-order valence-electron chi connectivity index (χ3n) is 4.30. The van der Waals surface area contributed by atoms with Gasteiger partial charge in [0.25, 0.3) is 0 Å². The standard InChI is InChI=1S/C20H17FN6O3/c21-14-10-12(6-7-15(14)25-20(29)30-13-4-2-1-3-5-13)17-16-18(22)23-11-24-19(16)27(26-17)8-9-28/h1-7,10-11,28H,8-9H2,(H,25,29)(H2,22,23,24). The number of aliphatic hydroxyl groups excluding tert-OH is 1. The van der Waals surface area contributed by atoms with Gasteiger partial charge in [-0.25, -0.2) is 23.8 Å². The van der Waals surface area contributed by atoms with Gasteiger partial charge in [0.2, 0.25) is 0 Å². The summed E-state index contributed by atoms with van der Waals surface area (Å²) in [5.41, 5.74) is 7.14. The number of aromatic nitrogens is 4. The van der Waals surface area contributed by atoms with E-state index in [1.165, 1.54) is 23.1 Å². The minimum absolute atomic E-state index is 0.0528. The van der Waals surface area contributed by atoms with E-state index in [1.807, 2.05) is 0 Å². The molecule has 0 unspecified atom stereocenters. The topological polar surface area (TPSA) is 128 Å². The fourth-order valence-electron chi connectivity index (χ4n) is 2.98. The van der Waals surface area contributed by atoms with Crippen molar-refractivity contribution in [1.29, 1.82) is 0 Å². The van der Waals surface area contributed by atoms with Crippen LogP contribution >= 0.6 is 0 Å². The van der Waals surface area contributed by atoms with Gasteiger partial charge >= 0.3 is 6.09 Å². The van der Waals surface area contributed by atoms with Crippen LogP contribution in [0.5, 0.6) is 5.75 Å². The highest BCUT2D eigenvalue weighted by molar-refractivity contribution is 5.98. The Kier molecular flexibility index (Phi) is 5.22. The number of rotatable bonds is 5. The maximum Gasteiger partial charge on any atom is 0.417 e. The molecule has 0 saturated carbocycles. The molecule has 2 aromatic carbocycles. The molecule has 0 atom stereocenters. The zero-order chi connectivity index (χ0) is 21.1. The minimum atomic E-state index is -0.817. The maximum absolute atomic E-state index is 14.7. The number of ether oxygens (including phenoxy) is 1. The van der Waals surface area contributed by atoms with E-state index in [0.717, 1.165) is 0 Å². The number of nitrogens with zero attached hydrogens (tertiary/aromatic N) is 4. The van der Waals surface area contributed by atoms with Crippen molar-refractivity contribution in [2.45, 2.75) is 6.54 Å². The second kappa shape index (κ2) is 8.13. The number of nitrogens with two attached hydrogens (primary N) is 1. The van der Waals surface area contributed by atoms with E-state index >= 15 is 0 Å². The number of fused-ring (bicyclic) bond motifs is 1. The summed E-state index contributed by atoms with van der Waals surface area (Å²) >= 11 is 0. The lowest BCUT2D eigenvalue weighted by Gasteiger charge is -2.08. The molecule has 0 aliphatic heterocycles. The van der Waals surface area contributed by atoms with Crippen molar-refractivity contribution in [3.8, 4) is 17.0 Å². The summed E-state index contributed by atoms with van der Waals surface area (Å²) in [5.74, 6) is -0.158. The number of para-hydroxylation sites is 1. The summed E-state index contributed by atoms with van der Waals surface area (Å²) in [6, 6.07) is 12.6. The van der Waals surface area contributed by atoms with Crippen LogP contribution in [0.25, 0.3) is 22.3 Å². The molecule has 0 spiro atoms. The van der Waals surface area contributed by atoms with Gasteiger partial charge in [-0.05, 0) is 24.3 Å². The van der Waals surface area contributed by atoms with Crippen molar-refractivity contribution in [1.82, 2.24) is 19.7 Å². The van der Waals surface area contributed by atoms with E-state index in [0.29, 0.717) is 28.0 Å². The molecule has 0 bridgehead atoms. The first kappa shape index (κ1) is 19.3. The molecule has 1 amide bonds. The van der Waals surface area contributed by atoms with Gasteiger partial charge in [-0.1, -0.05) is 24.3 Å². The van der Waals surface area contributed by atoms with Crippen LogP contribution < -0.4 is 15.8 Å². The van der Waals surface area contributed by atoms with E-state index < -0.39 is 11.9 Å². The molecule has 2 heterocycles. The molecule has 4 aromatic rings. The summed E-state index contributed by atoms with van der Waals surface area (Å²) in [7, 11) is 0. The molecule has 10 heteroatoms. The molecule has 0 aliphatic carbocycles. The van der Waals surface area contributed by atoms with Gasteiger partial charge in [0, 0.05) is 5.56 Å². The Morgan fingerprint density at radius 3 is 2.73 bits per heavy atom. The van der Waals surface area contributed by atoms with Gasteiger partial charge in [0.15, 0.2) is 5.65 Å². The van der Waals surface area contributed by atoms with Crippen molar-refractivity contribution in [2.75, 3.05) is 17.7 Å². The molecule has 2 aromatic heterocycles. The smallest absolute Gasteiger partial charge is 0.410 e. The van der Waals surface area contributed by atoms with Crippen LogP contribution in [-0.4, -0.2) is 37.6 Å². The van der Waals surface area contributed by atoms with Gasteiger partial charge in [-0.15, -0.1) is 0 Å². The Morgan fingerprint density at radius 2 is 2.00 bits per heavy atom. The SMILES string of the molecule is Nc1ncnc2c1c(-c1ccc(NC(=O)Oc3ccccc3)c(F)c1)nn2CCO. The van der Waals surface area contributed by atoms with Gasteiger partial charge in [0.05, 0.1) is 24.2 Å². The van der Waals surface area contributed by atoms with E-state index in [1.54, 1.807) is 36.4 Å². The van der Waals surface area contributed by atoms with Gasteiger partial charge in [0.1, 0.15) is 29.4 Å². The summed E-state index contributed by atoms with van der Waals surface area (Å²) in [6.07, 6.45) is 0.478. The molecular formula is C20H17FN6O3. The van der Waals surface area contributed by atoms with Crippen molar-refractivity contribution < 1.29 is 19.0 Å². The van der Waals surface area contributed by atoms with Crippen molar-refractivity contribution in [3.05, 3.63) is 60.7 Å². The maximum atomic E-state index is 14.7. The number of amides is 1. The minimum Gasteiger partial charge on any atom is -0.410 e. The number of carbonyl (C=O) groups excluding carboxylic acids is 1. The number of hydrogen-bond donors (Lipinski definition) is 3. The molecule has 0 saturated heterocycles. The van der Waals surface area contributed by atoms with Crippen molar-refractivity contribution in [3.63, 3.8) is 0 Å². The Hall–Kier alpha value is -4.05. The van der Waals surface area contributed by atoms with Crippen LogP contribution in [0.15, 0.2) is 54.9 Å². The number of nitrogen functional groups attached to an aromatic ring is 1. The van der Waals surface area contributed by atoms with E-state index in [4.69, 9.17) is 10.5 Å². The lowest BCUT2D eigenvalue weighted by atomic mass is 10.1. The van der Waals surface area contributed by atoms with Gasteiger partial charge in [-0.3, -0.25) is 5.32 Å². The number of benzene rings is 2. The third-order valence-corrected chi connectivity index (χ3v) is 4.30. The zero-order valence-electron chi connectivity index (χ0n) is 15.6. The zero-order valence-corrected chi connectivity index (χ0v) is 15.6. The predicted octanol–water partition coefficient (Wildman–Crippen LogP) is 2.82. The molecule has 0 radical (unpaired) electrons. The molecule has 30 heavy (non-hydrogen) atoms. The lowest BCUT2D eigenvalue weighted by Crippen LogP contribution is -2.17. The largest absolute Gasteiger partial charge is 0.417 e. The molecular weight excluding hydrogens is 391 g/mol. The molecule has 152 valence electrons. The lowest BCUT2D eigenvalue weighted by molar-refractivity contribution is 0.215. The number of hydrogen-bond acceptors (Lipinski definition) is 7. The third kappa shape index (κ3) is 3.76. The average molecular weight is 408 g/mol. The molecule has 0 fully saturated rings. The summed E-state index contributed by atoms with van der Waals surface area (Å²) < 4.78 is 21.3. The normalized spacial score (nSPS) is 10.9. The van der Waals surface area contributed by atoms with Crippen molar-refractivity contribution >= 4 is 28.6 Å². The Bertz CT molecular complexity index is 1210. The monoisotopic (exact) mass is 408 g/mol. The van der Waals surface area contributed by atoms with Crippen LogP contribution in [0.4, 0.5) is 20.7 Å². The average Bonchev–Trinajstić information content (AvgIpc) is 3.10. The van der Waals surface area contributed by atoms with Crippen LogP contribution in [0, 0.1) is 5.82 Å². The second-order valence-electron chi connectivity index (χ2n) is 6.28. The summed E-state index contributed by atoms with van der Waals surface area (Å²) in [5, 5.41) is 16.5. The highest BCUT2D eigenvalue weighted by Crippen LogP contribution is 2.31. The quantitative estimate of drug-likeness (QED) is 0.463. The molecule has 9 nitrogen and oxygen atoms in total. The van der Waals surface area contributed by atoms with E-state index in [9.17, 15) is 14.3 Å². The van der Waals surface area contributed by atoms with Gasteiger partial charge in [-0.2, -0.15) is 5.10 Å². The Labute approximate surface area is 169 Å². The van der Waals surface area contributed by atoms with Gasteiger partial charge < -0.3 is 15.6 Å². The van der Waals surface area contributed by atoms with Crippen LogP contribution in [0.2, 0.25) is 0 Å². The molecule has 0 aliphatic rings. The molecule has 4 N–H and O–H groups in total.